The van der Waals surface area contributed by atoms with Gasteiger partial charge in [0.15, 0.2) is 0 Å². The highest BCUT2D eigenvalue weighted by Gasteiger charge is 2.17. The van der Waals surface area contributed by atoms with Crippen molar-refractivity contribution in [3.05, 3.63) is 16.9 Å². The third-order valence-corrected chi connectivity index (χ3v) is 2.77. The van der Waals surface area contributed by atoms with Gasteiger partial charge in [-0.1, -0.05) is 0 Å². The van der Waals surface area contributed by atoms with Crippen molar-refractivity contribution in [3.63, 3.8) is 0 Å². The number of aromatic nitrogens is 2. The minimum atomic E-state index is 0.165. The highest BCUT2D eigenvalue weighted by Crippen LogP contribution is 2.10. The minimum Gasteiger partial charge on any atom is -0.341 e. The largest absolute Gasteiger partial charge is 0.341 e. The van der Waals surface area contributed by atoms with Crippen LogP contribution in [0.1, 0.15) is 12.8 Å². The summed E-state index contributed by atoms with van der Waals surface area (Å²) in [6.45, 7) is 2.16. The summed E-state index contributed by atoms with van der Waals surface area (Å²) in [6, 6.07) is 0. The molecule has 4 nitrogen and oxygen atoms in total. The van der Waals surface area contributed by atoms with Crippen LogP contribution >= 0.6 is 15.9 Å². The quantitative estimate of drug-likeness (QED) is 0.801. The highest BCUT2D eigenvalue weighted by molar-refractivity contribution is 9.10. The van der Waals surface area contributed by atoms with Crippen molar-refractivity contribution in [3.8, 4) is 0 Å². The second kappa shape index (κ2) is 4.13. The molecule has 1 aliphatic heterocycles. The van der Waals surface area contributed by atoms with E-state index in [2.05, 4.69) is 21.0 Å². The van der Waals surface area contributed by atoms with E-state index in [9.17, 15) is 4.79 Å². The summed E-state index contributed by atoms with van der Waals surface area (Å²) in [5.41, 5.74) is 0. The Bertz CT molecular complexity index is 331. The van der Waals surface area contributed by atoms with E-state index < -0.39 is 0 Å². The molecule has 1 aromatic rings. The molecular weight excluding hydrogens is 246 g/mol. The fourth-order valence-corrected chi connectivity index (χ4v) is 1.96. The number of carbonyl (C=O) groups excluding carboxylic acids is 1. The predicted molar refractivity (Wildman–Crippen MR) is 55.7 cm³/mol. The molecule has 1 saturated heterocycles. The molecule has 5 heteroatoms. The molecule has 0 aliphatic carbocycles. The monoisotopic (exact) mass is 257 g/mol. The van der Waals surface area contributed by atoms with Crippen molar-refractivity contribution in [1.29, 1.82) is 0 Å². The molecule has 0 saturated carbocycles. The smallest absolute Gasteiger partial charge is 0.244 e. The summed E-state index contributed by atoms with van der Waals surface area (Å²) < 4.78 is 2.57. The molecule has 2 heterocycles. The molecule has 0 N–H and O–H groups in total. The number of rotatable bonds is 2. The Morgan fingerprint density at radius 1 is 1.50 bits per heavy atom. The molecule has 0 atom stereocenters. The zero-order valence-corrected chi connectivity index (χ0v) is 9.40. The normalized spacial score (nSPS) is 16.2. The van der Waals surface area contributed by atoms with Crippen molar-refractivity contribution >= 4 is 21.8 Å². The van der Waals surface area contributed by atoms with Gasteiger partial charge in [0.05, 0.1) is 10.7 Å². The molecule has 0 radical (unpaired) electrons. The van der Waals surface area contributed by atoms with E-state index in [0.29, 0.717) is 6.54 Å². The fraction of sp³-hybridized carbons (Fsp3) is 0.556. The van der Waals surface area contributed by atoms with Gasteiger partial charge in [-0.15, -0.1) is 0 Å². The van der Waals surface area contributed by atoms with Crippen molar-refractivity contribution in [1.82, 2.24) is 14.7 Å². The van der Waals surface area contributed by atoms with Gasteiger partial charge in [0.1, 0.15) is 6.54 Å². The lowest BCUT2D eigenvalue weighted by Gasteiger charge is -2.14. The van der Waals surface area contributed by atoms with Gasteiger partial charge in [0.25, 0.3) is 0 Å². The number of hydrogen-bond acceptors (Lipinski definition) is 2. The van der Waals surface area contributed by atoms with Crippen LogP contribution in [0.2, 0.25) is 0 Å². The molecule has 1 fully saturated rings. The number of hydrogen-bond donors (Lipinski definition) is 0. The van der Waals surface area contributed by atoms with Gasteiger partial charge in [-0.2, -0.15) is 5.10 Å². The number of halogens is 1. The second-order valence-electron chi connectivity index (χ2n) is 3.44. The molecule has 14 heavy (non-hydrogen) atoms. The molecule has 0 unspecified atom stereocenters. The van der Waals surface area contributed by atoms with Crippen LogP contribution in [0.15, 0.2) is 16.9 Å². The Balaban J connectivity index is 1.93. The Hall–Kier alpha value is -0.840. The van der Waals surface area contributed by atoms with E-state index in [4.69, 9.17) is 0 Å². The van der Waals surface area contributed by atoms with Crippen LogP contribution in [-0.4, -0.2) is 33.7 Å². The van der Waals surface area contributed by atoms with E-state index in [1.807, 2.05) is 11.1 Å². The summed E-state index contributed by atoms with van der Waals surface area (Å²) in [7, 11) is 0. The SMILES string of the molecule is O=C(Cn1cc(Br)cn1)N1CCCC1. The van der Waals surface area contributed by atoms with Gasteiger partial charge < -0.3 is 4.90 Å². The molecule has 1 amide bonds. The Labute approximate surface area is 91.0 Å². The maximum Gasteiger partial charge on any atom is 0.244 e. The number of likely N-dealkylation sites (tertiary alicyclic amines) is 1. The van der Waals surface area contributed by atoms with E-state index in [0.717, 1.165) is 30.4 Å². The van der Waals surface area contributed by atoms with Gasteiger partial charge in [0.2, 0.25) is 5.91 Å². The molecule has 76 valence electrons. The first-order chi connectivity index (χ1) is 6.75. The fourth-order valence-electron chi connectivity index (χ4n) is 1.63. The van der Waals surface area contributed by atoms with Crippen molar-refractivity contribution in [2.45, 2.75) is 19.4 Å². The Morgan fingerprint density at radius 2 is 2.21 bits per heavy atom. The van der Waals surface area contributed by atoms with Crippen molar-refractivity contribution in [2.24, 2.45) is 0 Å². The first-order valence-electron chi connectivity index (χ1n) is 4.71. The second-order valence-corrected chi connectivity index (χ2v) is 4.36. The average Bonchev–Trinajstić information content (AvgIpc) is 2.75. The molecule has 1 aliphatic rings. The lowest BCUT2D eigenvalue weighted by Crippen LogP contribution is -2.31. The molecule has 0 spiro atoms. The lowest BCUT2D eigenvalue weighted by molar-refractivity contribution is -0.130. The molecule has 0 bridgehead atoms. The zero-order chi connectivity index (χ0) is 9.97. The van der Waals surface area contributed by atoms with Crippen LogP contribution in [0.25, 0.3) is 0 Å². The van der Waals surface area contributed by atoms with Crippen LogP contribution in [0.4, 0.5) is 0 Å². The van der Waals surface area contributed by atoms with E-state index in [1.165, 1.54) is 0 Å². The summed E-state index contributed by atoms with van der Waals surface area (Å²) in [4.78, 5) is 13.6. The van der Waals surface area contributed by atoms with Gasteiger partial charge in [0, 0.05) is 19.3 Å². The van der Waals surface area contributed by atoms with Crippen LogP contribution in [0.3, 0.4) is 0 Å². The molecule has 2 rings (SSSR count). The van der Waals surface area contributed by atoms with Crippen LogP contribution in [0, 0.1) is 0 Å². The first kappa shape index (κ1) is 9.71. The third kappa shape index (κ3) is 2.15. The van der Waals surface area contributed by atoms with E-state index >= 15 is 0 Å². The molecule has 1 aromatic heterocycles. The third-order valence-electron chi connectivity index (χ3n) is 2.36. The highest BCUT2D eigenvalue weighted by atomic mass is 79.9. The van der Waals surface area contributed by atoms with Gasteiger partial charge in [-0.3, -0.25) is 9.48 Å². The van der Waals surface area contributed by atoms with Crippen LogP contribution in [-0.2, 0) is 11.3 Å². The predicted octanol–water partition coefficient (Wildman–Crippen LogP) is 1.27. The minimum absolute atomic E-state index is 0.165. The number of amides is 1. The van der Waals surface area contributed by atoms with Crippen molar-refractivity contribution < 1.29 is 4.79 Å². The topological polar surface area (TPSA) is 38.1 Å². The lowest BCUT2D eigenvalue weighted by atomic mass is 10.4. The number of nitrogens with zero attached hydrogens (tertiary/aromatic N) is 3. The maximum absolute atomic E-state index is 11.7. The van der Waals surface area contributed by atoms with Crippen LogP contribution in [0.5, 0.6) is 0 Å². The summed E-state index contributed by atoms with van der Waals surface area (Å²) >= 11 is 3.30. The van der Waals surface area contributed by atoms with Crippen molar-refractivity contribution in [2.75, 3.05) is 13.1 Å². The standard InChI is InChI=1S/C9H12BrN3O/c10-8-5-11-13(6-8)7-9(14)12-3-1-2-4-12/h5-6H,1-4,7H2. The maximum atomic E-state index is 11.7. The average molecular weight is 258 g/mol. The zero-order valence-electron chi connectivity index (χ0n) is 7.82. The van der Waals surface area contributed by atoms with Gasteiger partial charge >= 0.3 is 0 Å². The summed E-state index contributed by atoms with van der Waals surface area (Å²) in [5, 5.41) is 4.05. The summed E-state index contributed by atoms with van der Waals surface area (Å²) in [5.74, 6) is 0.165. The van der Waals surface area contributed by atoms with Gasteiger partial charge in [-0.05, 0) is 28.8 Å². The first-order valence-corrected chi connectivity index (χ1v) is 5.51. The number of carbonyl (C=O) groups is 1. The van der Waals surface area contributed by atoms with Gasteiger partial charge in [-0.25, -0.2) is 0 Å². The molecule has 0 aromatic carbocycles. The Kier molecular flexibility index (Phi) is 2.86. The molecular formula is C9H12BrN3O. The van der Waals surface area contributed by atoms with E-state index in [-0.39, 0.29) is 5.91 Å². The van der Waals surface area contributed by atoms with E-state index in [1.54, 1.807) is 10.9 Å². The Morgan fingerprint density at radius 3 is 2.79 bits per heavy atom. The summed E-state index contributed by atoms with van der Waals surface area (Å²) in [6.07, 6.45) is 5.77. The van der Waals surface area contributed by atoms with Crippen LogP contribution < -0.4 is 0 Å².